The van der Waals surface area contributed by atoms with E-state index in [2.05, 4.69) is 272 Å². The van der Waals surface area contributed by atoms with E-state index in [0.717, 1.165) is 70.1 Å². The van der Waals surface area contributed by atoms with Crippen molar-refractivity contribution in [3.8, 4) is 0 Å². The summed E-state index contributed by atoms with van der Waals surface area (Å²) in [5.41, 5.74) is 11.0. The number of benzene rings is 4. The number of aliphatic hydroxyl groups is 4. The summed E-state index contributed by atoms with van der Waals surface area (Å²) in [5.74, 6) is 3.56. The minimum Gasteiger partial charge on any atom is -0.387 e. The van der Waals surface area contributed by atoms with Gasteiger partial charge in [0.05, 0.1) is 22.0 Å². The Morgan fingerprint density at radius 1 is 0.312 bits per heavy atom. The molecule has 15 unspecified atom stereocenters. The Bertz CT molecular complexity index is 3310. The maximum Gasteiger partial charge on any atom is 0.218 e. The number of aromatic nitrogens is 4. The lowest BCUT2D eigenvalue weighted by molar-refractivity contribution is -0.708. The van der Waals surface area contributed by atoms with E-state index in [4.69, 9.17) is 13.6 Å². The molecule has 109 heavy (non-hydrogen) atoms. The van der Waals surface area contributed by atoms with Gasteiger partial charge in [-0.15, -0.1) is 0 Å². The minimum atomic E-state index is -0.845. The zero-order chi connectivity index (χ0) is 69.0. The Kier molecular flexibility index (Phi) is 68.2. The molecule has 0 saturated carbocycles. The van der Waals surface area contributed by atoms with Gasteiger partial charge in [0, 0.05) is 72.6 Å². The van der Waals surface area contributed by atoms with Crippen molar-refractivity contribution in [3.05, 3.63) is 264 Å². The topological polar surface area (TPSA) is 124 Å². The third-order valence-electron chi connectivity index (χ3n) is 19.3. The maximum absolute atomic E-state index is 10.6. The Labute approximate surface area is 677 Å². The molecule has 4 heterocycles. The molecule has 0 spiro atoms. The zero-order valence-electron chi connectivity index (χ0n) is 59.5. The molecule has 8 rings (SSSR count). The van der Waals surface area contributed by atoms with Gasteiger partial charge in [-0.2, -0.15) is 4.57 Å². The summed E-state index contributed by atoms with van der Waals surface area (Å²) < 4.78 is 25.4. The first-order valence-electron chi connectivity index (χ1n) is 36.2. The van der Waals surface area contributed by atoms with Crippen LogP contribution < -0.4 is 18.3 Å². The average molecular weight is 1570 g/mol. The SMILES string of the molecule is C.C.C.C.C.C.C.C.C.C.C.C.CCC(CC(C)c1cc[n+](CC(O)CCOPCCC(O)C[n+]2ccc(C(CC)CC(C)c3ccccc3)cc2)cc1)c1ccccc1.CCC(CC(C)c1cc[n+](CC(O)OPCCCOPC(O)C[n+]2ccc(C(CC)CC(C)c3ccccc3)cc2)cc1)c1ccccc1. The van der Waals surface area contributed by atoms with Crippen LogP contribution in [0.1, 0.15) is 307 Å². The Hall–Kier alpha value is -5.51. The van der Waals surface area contributed by atoms with Crippen LogP contribution in [0.25, 0.3) is 0 Å². The standard InChI is InChI=1S/C42H59N2O3P.C41H58N2O4P2.12CH4/c1-5-35(39-15-11-8-12-16-39)30-34(4)38-17-23-43(24-18-38)31-41(45)21-27-47-48-28-22-42(46)32-44-25-19-40(20-26-44)36(6-2)29-33(3)37-13-9-7-10-14-37;1-5-34(38-16-11-8-12-17-38)29-33(4)37-18-22-42(23-19-37)30-40(44)47-48-27-13-26-46-49-41(45)31-43-24-20-39(21-25-43)35(6-2)28-32(3)36-14-9-7-10-15-36;;;;;;;;;;;;/h7-20,23-26,33-36,41-42,45-46,48H,5-6,21-22,27-32H2,1-4H3;7-12,14-25,32-35,40-41,44-45,48-49H,5-6,13,26-31H2,1-4H3;12*1H4/q2*+2;;;;;;;;;;;;. The van der Waals surface area contributed by atoms with Crippen LogP contribution in [0.2, 0.25) is 0 Å². The molecule has 0 aliphatic carbocycles. The van der Waals surface area contributed by atoms with E-state index in [9.17, 15) is 20.4 Å². The summed E-state index contributed by atoms with van der Waals surface area (Å²) in [4.78, 5) is 0. The van der Waals surface area contributed by atoms with Crippen LogP contribution in [-0.4, -0.2) is 70.3 Å². The highest BCUT2D eigenvalue weighted by atomic mass is 31.1. The van der Waals surface area contributed by atoms with Gasteiger partial charge in [0.2, 0.25) is 6.29 Å². The van der Waals surface area contributed by atoms with Crippen molar-refractivity contribution >= 4 is 26.4 Å². The normalized spacial score (nSPS) is 14.0. The molecule has 0 aliphatic heterocycles. The van der Waals surface area contributed by atoms with Crippen molar-refractivity contribution in [2.75, 3.05) is 25.5 Å². The van der Waals surface area contributed by atoms with E-state index in [1.807, 2.05) is 21.5 Å². The fourth-order valence-corrected chi connectivity index (χ4v) is 15.5. The molecule has 0 fully saturated rings. The van der Waals surface area contributed by atoms with Crippen LogP contribution in [0, 0.1) is 0 Å². The highest BCUT2D eigenvalue weighted by Crippen LogP contribution is 2.36. The van der Waals surface area contributed by atoms with Crippen LogP contribution >= 0.6 is 26.4 Å². The number of hydrogen-bond donors (Lipinski definition) is 4. The van der Waals surface area contributed by atoms with E-state index < -0.39 is 24.3 Å². The Balaban J connectivity index is -0.000000438. The molecule has 0 radical (unpaired) electrons. The first-order chi connectivity index (χ1) is 47.2. The molecule has 14 heteroatoms. The van der Waals surface area contributed by atoms with Crippen molar-refractivity contribution in [1.29, 1.82) is 0 Å². The van der Waals surface area contributed by atoms with E-state index in [-0.39, 0.29) is 107 Å². The molecule has 4 aromatic heterocycles. The first-order valence-corrected chi connectivity index (χ1v) is 39.4. The fraction of sp³-hybridized carbons (Fsp3) is 0.537. The van der Waals surface area contributed by atoms with Gasteiger partial charge in [0.25, 0.3) is 0 Å². The molecule has 618 valence electrons. The fourth-order valence-electron chi connectivity index (χ4n) is 13.2. The summed E-state index contributed by atoms with van der Waals surface area (Å²) in [6, 6.07) is 60.7. The minimum absolute atomic E-state index is 0. The molecule has 0 aliphatic rings. The Morgan fingerprint density at radius 3 is 0.936 bits per heavy atom. The molecule has 4 N–H and O–H groups in total. The molecule has 11 nitrogen and oxygen atoms in total. The van der Waals surface area contributed by atoms with E-state index in [1.165, 1.54) is 44.5 Å². The van der Waals surface area contributed by atoms with Gasteiger partial charge >= 0.3 is 0 Å². The second-order valence-electron chi connectivity index (χ2n) is 26.9. The number of hydrogen-bond acceptors (Lipinski definition) is 7. The molecule has 8 aromatic rings. The molecule has 4 aromatic carbocycles. The average Bonchev–Trinajstić information content (AvgIpc) is 0.872. The highest BCUT2D eigenvalue weighted by molar-refractivity contribution is 7.33. The highest BCUT2D eigenvalue weighted by Gasteiger charge is 2.23. The molecule has 0 saturated heterocycles. The summed E-state index contributed by atoms with van der Waals surface area (Å²) in [6.45, 7) is 21.5. The largest absolute Gasteiger partial charge is 0.387 e. The van der Waals surface area contributed by atoms with Crippen LogP contribution in [0.4, 0.5) is 0 Å². The smallest absolute Gasteiger partial charge is 0.218 e. The van der Waals surface area contributed by atoms with Crippen molar-refractivity contribution < 1.29 is 52.3 Å². The second kappa shape index (κ2) is 64.9. The summed E-state index contributed by atoms with van der Waals surface area (Å²) in [6.07, 6.45) is 27.6. The predicted octanol–water partition coefficient (Wildman–Crippen LogP) is 24.7. The van der Waals surface area contributed by atoms with Gasteiger partial charge in [-0.05, 0) is 168 Å². The van der Waals surface area contributed by atoms with Gasteiger partial charge < -0.3 is 34.0 Å². The van der Waals surface area contributed by atoms with Gasteiger partial charge in [-0.1, -0.05) is 266 Å². The Morgan fingerprint density at radius 2 is 0.596 bits per heavy atom. The molecular weight excluding hydrogens is 1400 g/mol. The van der Waals surface area contributed by atoms with Crippen molar-refractivity contribution in [2.45, 2.75) is 313 Å². The van der Waals surface area contributed by atoms with Crippen molar-refractivity contribution in [1.82, 2.24) is 0 Å². The monoisotopic (exact) mass is 1570 g/mol. The van der Waals surface area contributed by atoms with Crippen LogP contribution in [-0.2, 0) is 39.8 Å². The maximum atomic E-state index is 10.6. The molecule has 0 bridgehead atoms. The molecular formula is C95H165N4O7P3+4. The van der Waals surface area contributed by atoms with Gasteiger partial charge in [0.15, 0.2) is 81.6 Å². The van der Waals surface area contributed by atoms with Crippen molar-refractivity contribution in [3.63, 3.8) is 0 Å². The van der Waals surface area contributed by atoms with Crippen molar-refractivity contribution in [2.24, 2.45) is 0 Å². The zero-order valence-corrected chi connectivity index (χ0v) is 62.5. The lowest BCUT2D eigenvalue weighted by atomic mass is 9.85. The summed E-state index contributed by atoms with van der Waals surface area (Å²) in [5, 5.41) is 42.2. The van der Waals surface area contributed by atoms with E-state index >= 15 is 0 Å². The molecule has 15 atom stereocenters. The number of nitrogens with zero attached hydrogens (tertiary/aromatic N) is 4. The molecule has 0 amide bonds. The lowest BCUT2D eigenvalue weighted by Crippen LogP contribution is -2.39. The van der Waals surface area contributed by atoms with E-state index in [1.54, 1.807) is 0 Å². The van der Waals surface area contributed by atoms with E-state index in [0.29, 0.717) is 108 Å². The number of aliphatic hydroxyl groups excluding tert-OH is 4. The quantitative estimate of drug-likeness (QED) is 0.0130. The summed E-state index contributed by atoms with van der Waals surface area (Å²) in [7, 11) is 0.556. The number of rotatable bonds is 43. The number of pyridine rings is 4. The van der Waals surface area contributed by atoms with Gasteiger partial charge in [-0.25, -0.2) is 13.7 Å². The second-order valence-corrected chi connectivity index (χ2v) is 30.1. The van der Waals surface area contributed by atoms with Gasteiger partial charge in [-0.3, -0.25) is 0 Å². The first kappa shape index (κ1) is 114. The van der Waals surface area contributed by atoms with Crippen LogP contribution in [0.15, 0.2) is 219 Å². The predicted molar refractivity (Wildman–Crippen MR) is 483 cm³/mol. The van der Waals surface area contributed by atoms with Gasteiger partial charge in [0.1, 0.15) is 12.2 Å². The van der Waals surface area contributed by atoms with Crippen LogP contribution in [0.5, 0.6) is 0 Å². The lowest BCUT2D eigenvalue weighted by Gasteiger charge is -2.20. The summed E-state index contributed by atoms with van der Waals surface area (Å²) >= 11 is 0. The van der Waals surface area contributed by atoms with Crippen LogP contribution in [0.3, 0.4) is 0 Å². The third kappa shape index (κ3) is 41.7. The third-order valence-corrected chi connectivity index (χ3v) is 22.1.